The van der Waals surface area contributed by atoms with Crippen molar-refractivity contribution in [1.82, 2.24) is 14.8 Å². The molecule has 1 rings (SSSR count). The summed E-state index contributed by atoms with van der Waals surface area (Å²) in [6, 6.07) is 2.69. The third-order valence-electron chi connectivity index (χ3n) is 3.00. The molecule has 1 heterocycles. The summed E-state index contributed by atoms with van der Waals surface area (Å²) in [6.45, 7) is 7.78. The molecule has 0 bridgehead atoms. The topological polar surface area (TPSA) is 20.2 Å². The second kappa shape index (κ2) is 7.51. The van der Waals surface area contributed by atoms with Gasteiger partial charge in [-0.05, 0) is 58.6 Å². The molecule has 0 spiro atoms. The van der Waals surface area contributed by atoms with E-state index in [9.17, 15) is 0 Å². The van der Waals surface area contributed by atoms with Crippen LogP contribution < -0.4 is 5.32 Å². The van der Waals surface area contributed by atoms with E-state index >= 15 is 0 Å². The fourth-order valence-corrected chi connectivity index (χ4v) is 1.90. The average Bonchev–Trinajstić information content (AvgIpc) is 2.74. The lowest BCUT2D eigenvalue weighted by Gasteiger charge is -2.11. The summed E-state index contributed by atoms with van der Waals surface area (Å²) in [5, 5.41) is 3.51. The molecule has 1 N–H and O–H groups in total. The predicted molar refractivity (Wildman–Crippen MR) is 74.3 cm³/mol. The van der Waals surface area contributed by atoms with E-state index in [0.717, 1.165) is 19.6 Å². The van der Waals surface area contributed by atoms with Crippen LogP contribution >= 0.6 is 0 Å². The summed E-state index contributed by atoms with van der Waals surface area (Å²) < 4.78 is 2.29. The van der Waals surface area contributed by atoms with Crippen LogP contribution in [0, 0.1) is 0 Å². The highest BCUT2D eigenvalue weighted by Crippen LogP contribution is 2.12. The summed E-state index contributed by atoms with van der Waals surface area (Å²) in [6.07, 6.45) is 6.85. The van der Waals surface area contributed by atoms with E-state index in [1.165, 1.54) is 18.4 Å². The number of nitrogens with one attached hydrogen (secondary N) is 1. The van der Waals surface area contributed by atoms with Gasteiger partial charge in [-0.25, -0.2) is 0 Å². The molecule has 3 heteroatoms. The normalized spacial score (nSPS) is 13.2. The van der Waals surface area contributed by atoms with Gasteiger partial charge in [-0.2, -0.15) is 0 Å². The Balaban J connectivity index is 2.36. The molecule has 0 saturated carbocycles. The van der Waals surface area contributed by atoms with E-state index in [1.54, 1.807) is 0 Å². The summed E-state index contributed by atoms with van der Waals surface area (Å²) in [7, 11) is 4.25. The molecule has 0 amide bonds. The number of hydrogen-bond acceptors (Lipinski definition) is 2. The van der Waals surface area contributed by atoms with Crippen molar-refractivity contribution in [2.45, 2.75) is 39.3 Å². The number of aryl methyl sites for hydroxylation is 1. The Morgan fingerprint density at radius 2 is 2.18 bits per heavy atom. The van der Waals surface area contributed by atoms with Crippen LogP contribution in [-0.2, 0) is 6.54 Å². The van der Waals surface area contributed by atoms with E-state index in [2.05, 4.69) is 61.2 Å². The average molecular weight is 237 g/mol. The molecule has 98 valence electrons. The SMILES string of the molecule is CCCNC(C)c1ccn(CCCN(C)C)c1. The van der Waals surface area contributed by atoms with Crippen molar-refractivity contribution in [2.24, 2.45) is 0 Å². The van der Waals surface area contributed by atoms with Crippen LogP contribution in [0.1, 0.15) is 38.3 Å². The van der Waals surface area contributed by atoms with Gasteiger partial charge in [0.25, 0.3) is 0 Å². The molecule has 0 saturated heterocycles. The Morgan fingerprint density at radius 1 is 1.41 bits per heavy atom. The molecule has 0 aromatic carbocycles. The Kier molecular flexibility index (Phi) is 6.30. The van der Waals surface area contributed by atoms with E-state index in [0.29, 0.717) is 6.04 Å². The van der Waals surface area contributed by atoms with Crippen LogP contribution in [0.25, 0.3) is 0 Å². The van der Waals surface area contributed by atoms with Gasteiger partial charge in [0.2, 0.25) is 0 Å². The molecule has 0 fully saturated rings. The third-order valence-corrected chi connectivity index (χ3v) is 3.00. The second-order valence-electron chi connectivity index (χ2n) is 5.02. The van der Waals surface area contributed by atoms with Gasteiger partial charge in [-0.15, -0.1) is 0 Å². The maximum absolute atomic E-state index is 3.51. The molecule has 3 nitrogen and oxygen atoms in total. The van der Waals surface area contributed by atoms with E-state index in [-0.39, 0.29) is 0 Å². The van der Waals surface area contributed by atoms with E-state index in [4.69, 9.17) is 0 Å². The fourth-order valence-electron chi connectivity index (χ4n) is 1.90. The molecule has 0 aliphatic carbocycles. The van der Waals surface area contributed by atoms with Crippen molar-refractivity contribution < 1.29 is 0 Å². The van der Waals surface area contributed by atoms with Crippen molar-refractivity contribution in [3.8, 4) is 0 Å². The zero-order valence-electron chi connectivity index (χ0n) is 11.7. The van der Waals surface area contributed by atoms with Crippen molar-refractivity contribution in [2.75, 3.05) is 27.2 Å². The molecular weight excluding hydrogens is 210 g/mol. The van der Waals surface area contributed by atoms with Crippen LogP contribution in [-0.4, -0.2) is 36.7 Å². The largest absolute Gasteiger partial charge is 0.354 e. The Labute approximate surface area is 106 Å². The van der Waals surface area contributed by atoms with Crippen LogP contribution in [0.5, 0.6) is 0 Å². The maximum atomic E-state index is 3.51. The van der Waals surface area contributed by atoms with Crippen molar-refractivity contribution in [3.05, 3.63) is 24.0 Å². The molecule has 1 unspecified atom stereocenters. The molecule has 1 atom stereocenters. The van der Waals surface area contributed by atoms with Crippen molar-refractivity contribution in [1.29, 1.82) is 0 Å². The van der Waals surface area contributed by atoms with Gasteiger partial charge in [0.05, 0.1) is 0 Å². The first-order valence-electron chi connectivity index (χ1n) is 6.67. The zero-order valence-corrected chi connectivity index (χ0v) is 11.7. The second-order valence-corrected chi connectivity index (χ2v) is 5.02. The minimum atomic E-state index is 0.463. The number of rotatable bonds is 8. The Hall–Kier alpha value is -0.800. The molecule has 0 aliphatic rings. The van der Waals surface area contributed by atoms with Gasteiger partial charge in [0.15, 0.2) is 0 Å². The van der Waals surface area contributed by atoms with Crippen LogP contribution in [0.15, 0.2) is 18.5 Å². The first-order valence-corrected chi connectivity index (χ1v) is 6.67. The Bertz CT molecular complexity index is 304. The van der Waals surface area contributed by atoms with Crippen molar-refractivity contribution in [3.63, 3.8) is 0 Å². The monoisotopic (exact) mass is 237 g/mol. The van der Waals surface area contributed by atoms with Gasteiger partial charge in [-0.3, -0.25) is 0 Å². The molecule has 0 radical (unpaired) electrons. The fraction of sp³-hybridized carbons (Fsp3) is 0.714. The van der Waals surface area contributed by atoms with Crippen LogP contribution in [0.3, 0.4) is 0 Å². The standard InChI is InChI=1S/C14H27N3/c1-5-8-15-13(2)14-7-11-17(12-14)10-6-9-16(3)4/h7,11-13,15H,5-6,8-10H2,1-4H3. The lowest BCUT2D eigenvalue weighted by Crippen LogP contribution is -2.18. The minimum absolute atomic E-state index is 0.463. The summed E-state index contributed by atoms with van der Waals surface area (Å²) in [5.41, 5.74) is 1.39. The lowest BCUT2D eigenvalue weighted by atomic mass is 10.2. The molecule has 17 heavy (non-hydrogen) atoms. The van der Waals surface area contributed by atoms with Gasteiger partial charge < -0.3 is 14.8 Å². The summed E-state index contributed by atoms with van der Waals surface area (Å²) in [5.74, 6) is 0. The molecule has 1 aromatic rings. The van der Waals surface area contributed by atoms with E-state index in [1.807, 2.05) is 0 Å². The van der Waals surface area contributed by atoms with E-state index < -0.39 is 0 Å². The summed E-state index contributed by atoms with van der Waals surface area (Å²) >= 11 is 0. The maximum Gasteiger partial charge on any atom is 0.0306 e. The van der Waals surface area contributed by atoms with Crippen LogP contribution in [0.4, 0.5) is 0 Å². The molecule has 0 aliphatic heterocycles. The minimum Gasteiger partial charge on any atom is -0.354 e. The number of aromatic nitrogens is 1. The van der Waals surface area contributed by atoms with Gasteiger partial charge in [0.1, 0.15) is 0 Å². The number of nitrogens with zero attached hydrogens (tertiary/aromatic N) is 2. The highest BCUT2D eigenvalue weighted by atomic mass is 15.1. The zero-order chi connectivity index (χ0) is 12.7. The molecule has 1 aromatic heterocycles. The first-order chi connectivity index (χ1) is 8.13. The summed E-state index contributed by atoms with van der Waals surface area (Å²) in [4.78, 5) is 2.23. The van der Waals surface area contributed by atoms with Crippen molar-refractivity contribution >= 4 is 0 Å². The van der Waals surface area contributed by atoms with Crippen LogP contribution in [0.2, 0.25) is 0 Å². The third kappa shape index (κ3) is 5.37. The number of hydrogen-bond donors (Lipinski definition) is 1. The predicted octanol–water partition coefficient (Wildman–Crippen LogP) is 2.50. The van der Waals surface area contributed by atoms with Gasteiger partial charge in [0, 0.05) is 25.0 Å². The quantitative estimate of drug-likeness (QED) is 0.749. The highest BCUT2D eigenvalue weighted by Gasteiger charge is 2.05. The van der Waals surface area contributed by atoms with Gasteiger partial charge in [-0.1, -0.05) is 6.92 Å². The highest BCUT2D eigenvalue weighted by molar-refractivity contribution is 5.14. The van der Waals surface area contributed by atoms with Gasteiger partial charge >= 0.3 is 0 Å². The lowest BCUT2D eigenvalue weighted by molar-refractivity contribution is 0.386. The molecular formula is C14H27N3. The Morgan fingerprint density at radius 3 is 2.82 bits per heavy atom. The smallest absolute Gasteiger partial charge is 0.0306 e. The first kappa shape index (κ1) is 14.3.